The molecule has 4 rings (SSSR count). The monoisotopic (exact) mass is 570 g/mol. The maximum atomic E-state index is 12.8. The fourth-order valence-electron chi connectivity index (χ4n) is 5.88. The number of alkyl halides is 6. The van der Waals surface area contributed by atoms with Crippen molar-refractivity contribution >= 4 is 23.4 Å². The maximum absolute atomic E-state index is 12.8. The van der Waals surface area contributed by atoms with E-state index in [1.807, 2.05) is 18.2 Å². The molecule has 3 aliphatic rings. The minimum atomic E-state index is -5.73. The molecule has 3 heterocycles. The number of likely N-dealkylation sites (N-methyl/N-ethyl adjacent to an activating group) is 1. The van der Waals surface area contributed by atoms with Crippen molar-refractivity contribution in [3.63, 3.8) is 0 Å². The lowest BCUT2D eigenvalue weighted by Gasteiger charge is -2.45. The molecule has 214 valence electrons. The van der Waals surface area contributed by atoms with Gasteiger partial charge in [-0.15, -0.1) is 0 Å². The molecule has 1 amide bonds. The molecule has 0 atom stereocenters. The predicted molar refractivity (Wildman–Crippen MR) is 131 cm³/mol. The third-order valence-electron chi connectivity index (χ3n) is 8.08. The molecule has 38 heavy (non-hydrogen) atoms. The Kier molecular flexibility index (Phi) is 8.64. The van der Waals surface area contributed by atoms with Crippen LogP contribution in [0.25, 0.3) is 0 Å². The fraction of sp³-hybridized carbons (Fsp3) is 0.720. The first-order valence-corrected chi connectivity index (χ1v) is 13.3. The van der Waals surface area contributed by atoms with Gasteiger partial charge in [-0.25, -0.2) is 4.79 Å². The summed E-state index contributed by atoms with van der Waals surface area (Å²) >= 11 is 6.35. The van der Waals surface area contributed by atoms with Crippen LogP contribution in [-0.2, 0) is 11.3 Å². The van der Waals surface area contributed by atoms with E-state index in [0.717, 1.165) is 68.3 Å². The number of hydrogen-bond donors (Lipinski definition) is 0. The van der Waals surface area contributed by atoms with Crippen molar-refractivity contribution in [1.82, 2.24) is 14.7 Å². The van der Waals surface area contributed by atoms with Crippen LogP contribution in [0.15, 0.2) is 18.2 Å². The van der Waals surface area contributed by atoms with Gasteiger partial charge in [0.25, 0.3) is 6.10 Å². The minimum absolute atomic E-state index is 0.0320. The number of anilines is 1. The smallest absolute Gasteiger partial charge is 0.426 e. The van der Waals surface area contributed by atoms with Crippen molar-refractivity contribution in [2.24, 2.45) is 0 Å². The number of piperidine rings is 1. The highest BCUT2D eigenvalue weighted by molar-refractivity contribution is 6.30. The number of nitrogens with zero attached hydrogens (tertiary/aromatic N) is 4. The maximum Gasteiger partial charge on any atom is 0.434 e. The lowest BCUT2D eigenvalue weighted by molar-refractivity contribution is -0.308. The molecule has 1 spiro atoms. The third-order valence-corrected chi connectivity index (χ3v) is 8.31. The molecule has 0 aromatic heterocycles. The number of carbonyl (C=O) groups excluding carboxylic acids is 1. The molecule has 3 aliphatic heterocycles. The first-order chi connectivity index (χ1) is 17.8. The average molecular weight is 571 g/mol. The SMILES string of the molecule is CCN1CCN(c2cc(Cl)ccc2CN2CCCC23CCN(C(=O)OC(C(F)(F)F)C(F)(F)F)CC3)CC1. The van der Waals surface area contributed by atoms with Crippen molar-refractivity contribution in [2.75, 3.05) is 57.3 Å². The first-order valence-electron chi connectivity index (χ1n) is 12.9. The summed E-state index contributed by atoms with van der Waals surface area (Å²) in [5.74, 6) is 0. The number of likely N-dealkylation sites (tertiary alicyclic amines) is 2. The summed E-state index contributed by atoms with van der Waals surface area (Å²) in [5.41, 5.74) is 1.93. The summed E-state index contributed by atoms with van der Waals surface area (Å²) in [6, 6.07) is 5.87. The van der Waals surface area contributed by atoms with Gasteiger partial charge in [-0.2, -0.15) is 26.3 Å². The Morgan fingerprint density at radius 1 is 0.974 bits per heavy atom. The Labute approximate surface area is 223 Å². The van der Waals surface area contributed by atoms with Gasteiger partial charge in [0.05, 0.1) is 0 Å². The Balaban J connectivity index is 1.42. The van der Waals surface area contributed by atoms with E-state index in [4.69, 9.17) is 11.6 Å². The zero-order valence-electron chi connectivity index (χ0n) is 21.3. The Hall–Kier alpha value is -1.92. The summed E-state index contributed by atoms with van der Waals surface area (Å²) in [5, 5.41) is 0.653. The van der Waals surface area contributed by atoms with Gasteiger partial charge in [-0.3, -0.25) is 4.90 Å². The fourth-order valence-corrected chi connectivity index (χ4v) is 6.05. The molecule has 0 saturated carbocycles. The van der Waals surface area contributed by atoms with Crippen molar-refractivity contribution in [1.29, 1.82) is 0 Å². The predicted octanol–water partition coefficient (Wildman–Crippen LogP) is 5.54. The number of carbonyl (C=O) groups is 1. The van der Waals surface area contributed by atoms with Crippen LogP contribution in [-0.4, -0.2) is 97.1 Å². The quantitative estimate of drug-likeness (QED) is 0.435. The Bertz CT molecular complexity index is 962. The van der Waals surface area contributed by atoms with Crippen molar-refractivity contribution in [3.8, 4) is 0 Å². The molecule has 0 N–H and O–H groups in total. The van der Waals surface area contributed by atoms with Gasteiger partial charge < -0.3 is 19.4 Å². The summed E-state index contributed by atoms with van der Waals surface area (Å²) in [7, 11) is 0. The van der Waals surface area contributed by atoms with Crippen LogP contribution in [0.2, 0.25) is 5.02 Å². The lowest BCUT2D eigenvalue weighted by Crippen LogP contribution is -2.54. The molecular formula is C25H33ClF6N4O2. The van der Waals surface area contributed by atoms with Gasteiger partial charge in [0, 0.05) is 62.1 Å². The Morgan fingerprint density at radius 3 is 2.18 bits per heavy atom. The molecule has 0 radical (unpaired) electrons. The number of halogens is 7. The minimum Gasteiger partial charge on any atom is -0.426 e. The van der Waals surface area contributed by atoms with Crippen LogP contribution in [0.4, 0.5) is 36.8 Å². The number of ether oxygens (including phenoxy) is 1. The zero-order chi connectivity index (χ0) is 27.7. The summed E-state index contributed by atoms with van der Waals surface area (Å²) in [4.78, 5) is 20.3. The second-order valence-corrected chi connectivity index (χ2v) is 10.7. The van der Waals surface area contributed by atoms with Crippen molar-refractivity contribution in [2.45, 2.75) is 63.1 Å². The second-order valence-electron chi connectivity index (χ2n) is 10.3. The van der Waals surface area contributed by atoms with Crippen LogP contribution in [0.5, 0.6) is 0 Å². The molecule has 0 bridgehead atoms. The zero-order valence-corrected chi connectivity index (χ0v) is 22.0. The van der Waals surface area contributed by atoms with Gasteiger partial charge in [0.2, 0.25) is 0 Å². The highest BCUT2D eigenvalue weighted by atomic mass is 35.5. The standard InChI is InChI=1S/C25H33ClF6N4O2/c1-2-33-12-14-34(15-13-33)20-16-19(26)5-4-18(20)17-36-9-3-6-23(36)7-10-35(11-8-23)22(37)38-21(24(27,28)29)25(30,31)32/h4-5,16,21H,2-3,6-15,17H2,1H3. The molecule has 0 unspecified atom stereocenters. The van der Waals surface area contributed by atoms with Gasteiger partial charge in [0.1, 0.15) is 0 Å². The molecule has 1 aromatic rings. The number of rotatable bonds is 5. The molecule has 3 fully saturated rings. The van der Waals surface area contributed by atoms with E-state index in [9.17, 15) is 31.1 Å². The van der Waals surface area contributed by atoms with Gasteiger partial charge >= 0.3 is 18.4 Å². The summed E-state index contributed by atoms with van der Waals surface area (Å²) in [6.45, 7) is 8.38. The number of piperazine rings is 1. The van der Waals surface area contributed by atoms with E-state index in [2.05, 4.69) is 26.4 Å². The molecule has 6 nitrogen and oxygen atoms in total. The van der Waals surface area contributed by atoms with Crippen LogP contribution < -0.4 is 4.90 Å². The second kappa shape index (κ2) is 11.3. The third kappa shape index (κ3) is 6.44. The van der Waals surface area contributed by atoms with Crippen molar-refractivity contribution < 1.29 is 35.9 Å². The van der Waals surface area contributed by atoms with Crippen LogP contribution in [0.1, 0.15) is 38.2 Å². The number of benzene rings is 1. The van der Waals surface area contributed by atoms with E-state index in [1.54, 1.807) is 0 Å². The van der Waals surface area contributed by atoms with E-state index >= 15 is 0 Å². The van der Waals surface area contributed by atoms with E-state index < -0.39 is 24.5 Å². The average Bonchev–Trinajstić information content (AvgIpc) is 3.23. The highest BCUT2D eigenvalue weighted by Gasteiger charge is 2.60. The molecule has 1 aromatic carbocycles. The highest BCUT2D eigenvalue weighted by Crippen LogP contribution is 2.41. The van der Waals surface area contributed by atoms with Crippen LogP contribution in [0, 0.1) is 0 Å². The van der Waals surface area contributed by atoms with Crippen molar-refractivity contribution in [3.05, 3.63) is 28.8 Å². The van der Waals surface area contributed by atoms with Gasteiger partial charge in [-0.05, 0) is 56.5 Å². The molecule has 3 saturated heterocycles. The molecular weight excluding hydrogens is 538 g/mol. The molecule has 13 heteroatoms. The molecule has 0 aliphatic carbocycles. The number of hydrogen-bond acceptors (Lipinski definition) is 5. The van der Waals surface area contributed by atoms with E-state index in [0.29, 0.717) is 24.4 Å². The van der Waals surface area contributed by atoms with Crippen LogP contribution >= 0.6 is 11.6 Å². The summed E-state index contributed by atoms with van der Waals surface area (Å²) in [6.07, 6.45) is -14.5. The van der Waals surface area contributed by atoms with E-state index in [-0.39, 0.29) is 18.6 Å². The first kappa shape index (κ1) is 29.1. The number of amides is 1. The van der Waals surface area contributed by atoms with E-state index in [1.165, 1.54) is 0 Å². The van der Waals surface area contributed by atoms with Gasteiger partial charge in [-0.1, -0.05) is 24.6 Å². The van der Waals surface area contributed by atoms with Crippen LogP contribution in [0.3, 0.4) is 0 Å². The topological polar surface area (TPSA) is 39.3 Å². The Morgan fingerprint density at radius 2 is 1.61 bits per heavy atom. The lowest BCUT2D eigenvalue weighted by atomic mass is 9.84. The summed E-state index contributed by atoms with van der Waals surface area (Å²) < 4.78 is 80.9. The normalized spacial score (nSPS) is 21.5. The largest absolute Gasteiger partial charge is 0.434 e. The van der Waals surface area contributed by atoms with Gasteiger partial charge in [0.15, 0.2) is 0 Å².